The Hall–Kier alpha value is -3.58. The number of benzene rings is 5. The molecule has 0 spiro atoms. The predicted molar refractivity (Wildman–Crippen MR) is 116 cm³/mol. The SMILES string of the molecule is c1ccc2cc(-n3c4ccccc4c4c5ccccc5ccc43)ccc2c1. The van der Waals surface area contributed by atoms with Crippen LogP contribution in [0.15, 0.2) is 103 Å². The van der Waals surface area contributed by atoms with Gasteiger partial charge in [0.05, 0.1) is 11.0 Å². The van der Waals surface area contributed by atoms with Crippen molar-refractivity contribution in [2.45, 2.75) is 0 Å². The van der Waals surface area contributed by atoms with E-state index in [4.69, 9.17) is 0 Å². The Morgan fingerprint density at radius 2 is 1.11 bits per heavy atom. The maximum absolute atomic E-state index is 2.39. The van der Waals surface area contributed by atoms with Gasteiger partial charge in [0, 0.05) is 16.5 Å². The van der Waals surface area contributed by atoms with Gasteiger partial charge in [0.1, 0.15) is 0 Å². The van der Waals surface area contributed by atoms with Crippen molar-refractivity contribution in [3.8, 4) is 5.69 Å². The fourth-order valence-electron chi connectivity index (χ4n) is 4.33. The van der Waals surface area contributed by atoms with E-state index in [0.717, 1.165) is 0 Å². The highest BCUT2D eigenvalue weighted by atomic mass is 15.0. The zero-order chi connectivity index (χ0) is 17.8. The second-order valence-electron chi connectivity index (χ2n) is 7.06. The molecule has 0 radical (unpaired) electrons. The quantitative estimate of drug-likeness (QED) is 0.300. The first-order chi connectivity index (χ1) is 13.4. The Balaban J connectivity index is 1.81. The summed E-state index contributed by atoms with van der Waals surface area (Å²) in [5.74, 6) is 0. The minimum Gasteiger partial charge on any atom is -0.309 e. The van der Waals surface area contributed by atoms with Crippen LogP contribution in [0.2, 0.25) is 0 Å². The zero-order valence-electron chi connectivity index (χ0n) is 14.8. The van der Waals surface area contributed by atoms with Crippen molar-refractivity contribution in [2.24, 2.45) is 0 Å². The molecule has 5 aromatic carbocycles. The van der Waals surface area contributed by atoms with Crippen molar-refractivity contribution in [1.82, 2.24) is 4.57 Å². The van der Waals surface area contributed by atoms with Crippen LogP contribution in [-0.2, 0) is 0 Å². The van der Waals surface area contributed by atoms with Gasteiger partial charge in [0.2, 0.25) is 0 Å². The van der Waals surface area contributed by atoms with Crippen LogP contribution in [0.4, 0.5) is 0 Å². The van der Waals surface area contributed by atoms with Gasteiger partial charge in [-0.05, 0) is 45.8 Å². The summed E-state index contributed by atoms with van der Waals surface area (Å²) in [6.07, 6.45) is 0. The molecule has 6 rings (SSSR count). The van der Waals surface area contributed by atoms with E-state index in [1.807, 2.05) is 0 Å². The molecule has 0 aliphatic heterocycles. The molecule has 0 amide bonds. The molecule has 0 saturated heterocycles. The first-order valence-electron chi connectivity index (χ1n) is 9.30. The smallest absolute Gasteiger partial charge is 0.0547 e. The van der Waals surface area contributed by atoms with Gasteiger partial charge in [-0.1, -0.05) is 78.9 Å². The van der Waals surface area contributed by atoms with Crippen molar-refractivity contribution in [3.63, 3.8) is 0 Å². The summed E-state index contributed by atoms with van der Waals surface area (Å²) in [6, 6.07) is 37.1. The Morgan fingerprint density at radius 3 is 2.00 bits per heavy atom. The molecule has 1 heteroatoms. The average molecular weight is 343 g/mol. The minimum atomic E-state index is 1.20. The summed E-state index contributed by atoms with van der Waals surface area (Å²) in [7, 11) is 0. The molecule has 0 aliphatic carbocycles. The Morgan fingerprint density at radius 1 is 0.444 bits per heavy atom. The van der Waals surface area contributed by atoms with E-state index in [-0.39, 0.29) is 0 Å². The normalized spacial score (nSPS) is 11.7. The van der Waals surface area contributed by atoms with E-state index in [1.54, 1.807) is 0 Å². The first-order valence-corrected chi connectivity index (χ1v) is 9.30. The number of para-hydroxylation sites is 1. The summed E-state index contributed by atoms with van der Waals surface area (Å²) >= 11 is 0. The molecule has 0 bridgehead atoms. The molecule has 1 heterocycles. The molecule has 1 nitrogen and oxygen atoms in total. The van der Waals surface area contributed by atoms with Crippen LogP contribution >= 0.6 is 0 Å². The Kier molecular flexibility index (Phi) is 2.95. The highest BCUT2D eigenvalue weighted by molar-refractivity contribution is 6.21. The summed E-state index contributed by atoms with van der Waals surface area (Å²) in [5, 5.41) is 7.76. The maximum atomic E-state index is 2.39. The zero-order valence-corrected chi connectivity index (χ0v) is 14.8. The van der Waals surface area contributed by atoms with Gasteiger partial charge in [0.25, 0.3) is 0 Å². The molecular weight excluding hydrogens is 326 g/mol. The third-order valence-electron chi connectivity index (χ3n) is 5.55. The number of rotatable bonds is 1. The molecule has 0 N–H and O–H groups in total. The van der Waals surface area contributed by atoms with E-state index < -0.39 is 0 Å². The van der Waals surface area contributed by atoms with Crippen LogP contribution in [0.5, 0.6) is 0 Å². The van der Waals surface area contributed by atoms with Gasteiger partial charge in [0.15, 0.2) is 0 Å². The molecule has 0 fully saturated rings. The summed E-state index contributed by atoms with van der Waals surface area (Å²) in [4.78, 5) is 0. The number of aromatic nitrogens is 1. The molecular formula is C26H17N. The van der Waals surface area contributed by atoms with E-state index in [9.17, 15) is 0 Å². The topological polar surface area (TPSA) is 4.93 Å². The molecule has 0 unspecified atom stereocenters. The van der Waals surface area contributed by atoms with E-state index in [2.05, 4.69) is 108 Å². The van der Waals surface area contributed by atoms with Crippen molar-refractivity contribution in [3.05, 3.63) is 103 Å². The highest BCUT2D eigenvalue weighted by Gasteiger charge is 2.14. The monoisotopic (exact) mass is 343 g/mol. The van der Waals surface area contributed by atoms with Gasteiger partial charge in [-0.3, -0.25) is 0 Å². The van der Waals surface area contributed by atoms with Crippen molar-refractivity contribution in [2.75, 3.05) is 0 Å². The average Bonchev–Trinajstić information content (AvgIpc) is 3.08. The van der Waals surface area contributed by atoms with Crippen molar-refractivity contribution in [1.29, 1.82) is 0 Å². The number of fused-ring (bicyclic) bond motifs is 6. The van der Waals surface area contributed by atoms with Gasteiger partial charge in [-0.15, -0.1) is 0 Å². The second-order valence-corrected chi connectivity index (χ2v) is 7.06. The van der Waals surface area contributed by atoms with Gasteiger partial charge < -0.3 is 4.57 Å². The van der Waals surface area contributed by atoms with Gasteiger partial charge in [-0.25, -0.2) is 0 Å². The minimum absolute atomic E-state index is 1.20. The highest BCUT2D eigenvalue weighted by Crippen LogP contribution is 2.37. The largest absolute Gasteiger partial charge is 0.309 e. The van der Waals surface area contributed by atoms with Crippen molar-refractivity contribution >= 4 is 43.4 Å². The summed E-state index contributed by atoms with van der Waals surface area (Å²) in [6.45, 7) is 0. The van der Waals surface area contributed by atoms with E-state index in [1.165, 1.54) is 49.0 Å². The maximum Gasteiger partial charge on any atom is 0.0547 e. The number of nitrogens with zero attached hydrogens (tertiary/aromatic N) is 1. The lowest BCUT2D eigenvalue weighted by molar-refractivity contribution is 1.19. The van der Waals surface area contributed by atoms with Crippen LogP contribution in [-0.4, -0.2) is 4.57 Å². The third-order valence-corrected chi connectivity index (χ3v) is 5.55. The second kappa shape index (κ2) is 5.46. The van der Waals surface area contributed by atoms with Crippen LogP contribution in [0, 0.1) is 0 Å². The molecule has 6 aromatic rings. The van der Waals surface area contributed by atoms with Crippen LogP contribution in [0.3, 0.4) is 0 Å². The predicted octanol–water partition coefficient (Wildman–Crippen LogP) is 7.09. The fraction of sp³-hybridized carbons (Fsp3) is 0. The van der Waals surface area contributed by atoms with Crippen molar-refractivity contribution < 1.29 is 0 Å². The lowest BCUT2D eigenvalue weighted by Gasteiger charge is -2.09. The Labute approximate surface area is 157 Å². The molecule has 0 atom stereocenters. The molecule has 126 valence electrons. The molecule has 1 aromatic heterocycles. The first kappa shape index (κ1) is 14.6. The fourth-order valence-corrected chi connectivity index (χ4v) is 4.33. The lowest BCUT2D eigenvalue weighted by Crippen LogP contribution is -1.93. The van der Waals surface area contributed by atoms with E-state index >= 15 is 0 Å². The molecule has 27 heavy (non-hydrogen) atoms. The Bertz CT molecular complexity index is 1470. The van der Waals surface area contributed by atoms with Crippen LogP contribution in [0.25, 0.3) is 49.0 Å². The van der Waals surface area contributed by atoms with Gasteiger partial charge >= 0.3 is 0 Å². The number of hydrogen-bond donors (Lipinski definition) is 0. The third kappa shape index (κ3) is 2.06. The molecule has 0 saturated carbocycles. The lowest BCUT2D eigenvalue weighted by atomic mass is 10.0. The standard InChI is InChI=1S/C26H17N/c1-2-9-20-17-21(15-13-18(20)7-1)27-24-12-6-5-11-23(24)26-22-10-4-3-8-19(22)14-16-25(26)27/h1-17H. The van der Waals surface area contributed by atoms with E-state index in [0.29, 0.717) is 0 Å². The number of hydrogen-bond acceptors (Lipinski definition) is 0. The van der Waals surface area contributed by atoms with Crippen LogP contribution in [0.1, 0.15) is 0 Å². The molecule has 0 aliphatic rings. The summed E-state index contributed by atoms with van der Waals surface area (Å²) < 4.78 is 2.39. The van der Waals surface area contributed by atoms with Crippen LogP contribution < -0.4 is 0 Å². The van der Waals surface area contributed by atoms with Gasteiger partial charge in [-0.2, -0.15) is 0 Å². The summed E-state index contributed by atoms with van der Waals surface area (Å²) in [5.41, 5.74) is 3.71.